The predicted molar refractivity (Wildman–Crippen MR) is 69.8 cm³/mol. The Labute approximate surface area is 111 Å². The highest BCUT2D eigenvalue weighted by molar-refractivity contribution is 6.01. The molecule has 4 heterocycles. The molecule has 0 N–H and O–H groups in total. The van der Waals surface area contributed by atoms with Crippen LogP contribution < -0.4 is 9.47 Å². The Hall–Kier alpha value is -1.97. The molecule has 0 saturated carbocycles. The van der Waals surface area contributed by atoms with Crippen molar-refractivity contribution in [3.63, 3.8) is 0 Å². The minimum absolute atomic E-state index is 0.241. The van der Waals surface area contributed by atoms with Crippen LogP contribution in [0.25, 0.3) is 6.08 Å². The number of piperidine rings is 3. The number of carbonyl (C=O) groups is 1. The molecule has 0 amide bonds. The van der Waals surface area contributed by atoms with Gasteiger partial charge in [-0.3, -0.25) is 4.79 Å². The topological polar surface area (TPSA) is 38.8 Å². The number of hydrogen-bond donors (Lipinski definition) is 0. The van der Waals surface area contributed by atoms with Crippen LogP contribution in [-0.2, 0) is 4.79 Å². The molecule has 0 radical (unpaired) electrons. The number of hydrogen-bond acceptors (Lipinski definition) is 4. The van der Waals surface area contributed by atoms with Crippen molar-refractivity contribution in [2.45, 2.75) is 12.8 Å². The molecule has 98 valence electrons. The van der Waals surface area contributed by atoms with E-state index >= 15 is 0 Å². The van der Waals surface area contributed by atoms with E-state index in [0.29, 0.717) is 5.78 Å². The van der Waals surface area contributed by atoms with Crippen molar-refractivity contribution >= 4 is 11.9 Å². The Kier molecular flexibility index (Phi) is 2.31. The van der Waals surface area contributed by atoms with Crippen LogP contribution in [0.5, 0.6) is 11.5 Å². The van der Waals surface area contributed by atoms with Gasteiger partial charge in [0.15, 0.2) is 17.3 Å². The molecule has 19 heavy (non-hydrogen) atoms. The first-order valence-electron chi connectivity index (χ1n) is 6.72. The van der Waals surface area contributed by atoms with Crippen LogP contribution in [0.15, 0.2) is 23.9 Å². The third-order valence-corrected chi connectivity index (χ3v) is 4.16. The van der Waals surface area contributed by atoms with E-state index in [1.165, 1.54) is 0 Å². The van der Waals surface area contributed by atoms with Crippen LogP contribution in [0.4, 0.5) is 0 Å². The molecule has 3 saturated heterocycles. The van der Waals surface area contributed by atoms with Crippen molar-refractivity contribution in [2.24, 2.45) is 5.92 Å². The van der Waals surface area contributed by atoms with Gasteiger partial charge in [0.1, 0.15) is 0 Å². The highest BCUT2D eigenvalue weighted by Gasteiger charge is 2.36. The summed E-state index contributed by atoms with van der Waals surface area (Å²) in [6.45, 7) is 2.29. The fourth-order valence-corrected chi connectivity index (χ4v) is 3.07. The highest BCUT2D eigenvalue weighted by Crippen LogP contribution is 2.35. The normalized spacial score (nSPS) is 23.5. The fraction of sp³-hybridized carbons (Fsp3) is 0.400. The lowest BCUT2D eigenvalue weighted by Gasteiger charge is -2.41. The van der Waals surface area contributed by atoms with Crippen molar-refractivity contribution in [1.29, 1.82) is 0 Å². The zero-order valence-electron chi connectivity index (χ0n) is 10.6. The second-order valence-corrected chi connectivity index (χ2v) is 5.27. The summed E-state index contributed by atoms with van der Waals surface area (Å²) in [5, 5.41) is 0. The molecular formula is C15H15NO3. The lowest BCUT2D eigenvalue weighted by atomic mass is 9.84. The molecule has 3 fully saturated rings. The van der Waals surface area contributed by atoms with Gasteiger partial charge in [0, 0.05) is 19.0 Å². The maximum atomic E-state index is 12.3. The number of nitrogens with zero attached hydrogens (tertiary/aromatic N) is 1. The van der Waals surface area contributed by atoms with E-state index < -0.39 is 0 Å². The quantitative estimate of drug-likeness (QED) is 0.722. The Morgan fingerprint density at radius 2 is 1.95 bits per heavy atom. The molecular weight excluding hydrogens is 242 g/mol. The molecule has 5 rings (SSSR count). The first-order valence-corrected chi connectivity index (χ1v) is 6.72. The maximum absolute atomic E-state index is 12.3. The number of carbonyl (C=O) groups excluding carboxylic acids is 1. The van der Waals surface area contributed by atoms with Gasteiger partial charge in [0.05, 0.1) is 5.70 Å². The number of allylic oxidation sites excluding steroid dienone is 1. The Balaban J connectivity index is 1.69. The lowest BCUT2D eigenvalue weighted by molar-refractivity contribution is -0.125. The van der Waals surface area contributed by atoms with Crippen LogP contribution in [0.3, 0.4) is 0 Å². The van der Waals surface area contributed by atoms with Crippen molar-refractivity contribution in [3.05, 3.63) is 29.5 Å². The zero-order chi connectivity index (χ0) is 12.8. The van der Waals surface area contributed by atoms with E-state index in [-0.39, 0.29) is 12.7 Å². The Morgan fingerprint density at radius 3 is 2.74 bits per heavy atom. The molecule has 1 aromatic carbocycles. The number of rotatable bonds is 1. The summed E-state index contributed by atoms with van der Waals surface area (Å²) in [5.74, 6) is 2.08. The fourth-order valence-electron chi connectivity index (χ4n) is 3.07. The average Bonchev–Trinajstić information content (AvgIpc) is 2.91. The SMILES string of the molecule is O=C1/C(=C/c2ccc3c(c2)OCO3)N2CCC1CC2. The maximum Gasteiger partial charge on any atom is 0.231 e. The monoisotopic (exact) mass is 257 g/mol. The predicted octanol–water partition coefficient (Wildman–Crippen LogP) is 2.05. The number of benzene rings is 1. The minimum atomic E-state index is 0.241. The molecule has 0 atom stereocenters. The third-order valence-electron chi connectivity index (χ3n) is 4.16. The lowest BCUT2D eigenvalue weighted by Crippen LogP contribution is -2.45. The van der Waals surface area contributed by atoms with Crippen molar-refractivity contribution in [3.8, 4) is 11.5 Å². The standard InChI is InChI=1S/C15H15NO3/c17-15-11-3-5-16(6-4-11)12(15)7-10-1-2-13-14(8-10)19-9-18-13/h1-2,7-8,11H,3-6,9H2/b12-7-. The molecule has 4 aliphatic heterocycles. The molecule has 2 bridgehead atoms. The van der Waals surface area contributed by atoms with Crippen molar-refractivity contribution in [1.82, 2.24) is 4.90 Å². The second kappa shape index (κ2) is 4.02. The summed E-state index contributed by atoms with van der Waals surface area (Å²) < 4.78 is 10.7. The number of ketones is 1. The van der Waals surface area contributed by atoms with Crippen LogP contribution >= 0.6 is 0 Å². The Morgan fingerprint density at radius 1 is 1.16 bits per heavy atom. The summed E-state index contributed by atoms with van der Waals surface area (Å²) >= 11 is 0. The van der Waals surface area contributed by atoms with Gasteiger partial charge < -0.3 is 14.4 Å². The molecule has 4 nitrogen and oxygen atoms in total. The molecule has 0 unspecified atom stereocenters. The zero-order valence-corrected chi connectivity index (χ0v) is 10.6. The number of ether oxygens (including phenoxy) is 2. The summed E-state index contributed by atoms with van der Waals surface area (Å²) in [6.07, 6.45) is 4.00. The molecule has 1 aromatic rings. The summed E-state index contributed by atoms with van der Waals surface area (Å²) in [4.78, 5) is 14.5. The largest absolute Gasteiger partial charge is 0.454 e. The molecule has 4 aliphatic rings. The summed E-state index contributed by atoms with van der Waals surface area (Å²) in [5.41, 5.74) is 1.86. The van der Waals surface area contributed by atoms with Gasteiger partial charge in [-0.2, -0.15) is 0 Å². The van der Waals surface area contributed by atoms with Crippen LogP contribution in [0.1, 0.15) is 18.4 Å². The van der Waals surface area contributed by atoms with Gasteiger partial charge in [0.2, 0.25) is 6.79 Å². The van der Waals surface area contributed by atoms with E-state index in [1.807, 2.05) is 24.3 Å². The minimum Gasteiger partial charge on any atom is -0.454 e. The highest BCUT2D eigenvalue weighted by atomic mass is 16.7. The van der Waals surface area contributed by atoms with Gasteiger partial charge in [-0.1, -0.05) is 6.07 Å². The Bertz CT molecular complexity index is 571. The van der Waals surface area contributed by atoms with Crippen molar-refractivity contribution < 1.29 is 14.3 Å². The van der Waals surface area contributed by atoms with Crippen LogP contribution in [0, 0.1) is 5.92 Å². The van der Waals surface area contributed by atoms with Gasteiger partial charge in [-0.15, -0.1) is 0 Å². The molecule has 0 spiro atoms. The van der Waals surface area contributed by atoms with E-state index in [0.717, 1.165) is 48.7 Å². The second-order valence-electron chi connectivity index (χ2n) is 5.27. The first-order chi connectivity index (χ1) is 9.31. The van der Waals surface area contributed by atoms with E-state index in [4.69, 9.17) is 9.47 Å². The van der Waals surface area contributed by atoms with Crippen molar-refractivity contribution in [2.75, 3.05) is 19.9 Å². The van der Waals surface area contributed by atoms with Gasteiger partial charge in [-0.05, 0) is 36.6 Å². The van der Waals surface area contributed by atoms with Gasteiger partial charge in [-0.25, -0.2) is 0 Å². The average molecular weight is 257 g/mol. The number of fused-ring (bicyclic) bond motifs is 4. The third kappa shape index (κ3) is 1.70. The van der Waals surface area contributed by atoms with E-state index in [1.54, 1.807) is 0 Å². The first kappa shape index (κ1) is 10.9. The molecule has 0 aliphatic carbocycles. The molecule has 4 heteroatoms. The smallest absolute Gasteiger partial charge is 0.231 e. The van der Waals surface area contributed by atoms with Crippen LogP contribution in [-0.4, -0.2) is 30.6 Å². The summed E-state index contributed by atoms with van der Waals surface area (Å²) in [6, 6.07) is 5.80. The van der Waals surface area contributed by atoms with E-state index in [2.05, 4.69) is 4.90 Å². The summed E-state index contributed by atoms with van der Waals surface area (Å²) in [7, 11) is 0. The van der Waals surface area contributed by atoms with E-state index in [9.17, 15) is 4.79 Å². The van der Waals surface area contributed by atoms with Gasteiger partial charge >= 0.3 is 0 Å². The van der Waals surface area contributed by atoms with Crippen LogP contribution in [0.2, 0.25) is 0 Å². The number of Topliss-reactive ketones (excluding diaryl/α,β-unsaturated/α-hetero) is 1. The molecule has 0 aromatic heterocycles. The van der Waals surface area contributed by atoms with Gasteiger partial charge in [0.25, 0.3) is 0 Å².